The van der Waals surface area contributed by atoms with E-state index in [4.69, 9.17) is 4.84 Å². The molecule has 0 saturated heterocycles. The summed E-state index contributed by atoms with van der Waals surface area (Å²) in [6.45, 7) is 0.390. The van der Waals surface area contributed by atoms with Crippen molar-refractivity contribution in [2.24, 2.45) is 11.3 Å². The first-order valence-corrected chi connectivity index (χ1v) is 8.55. The van der Waals surface area contributed by atoms with Crippen LogP contribution in [0, 0.1) is 11.3 Å². The van der Waals surface area contributed by atoms with Gasteiger partial charge >= 0.3 is 0 Å². The van der Waals surface area contributed by atoms with Gasteiger partial charge in [-0.25, -0.2) is 5.06 Å². The summed E-state index contributed by atoms with van der Waals surface area (Å²) in [7, 11) is 1.66. The average Bonchev–Trinajstić information content (AvgIpc) is 3.38. The van der Waals surface area contributed by atoms with Crippen molar-refractivity contribution < 1.29 is 14.4 Å². The van der Waals surface area contributed by atoms with E-state index in [2.05, 4.69) is 5.32 Å². The fourth-order valence-corrected chi connectivity index (χ4v) is 4.13. The molecule has 2 saturated carbocycles. The summed E-state index contributed by atoms with van der Waals surface area (Å²) >= 11 is 0. The van der Waals surface area contributed by atoms with Gasteiger partial charge in [-0.3, -0.25) is 14.4 Å². The molecule has 2 bridgehead atoms. The van der Waals surface area contributed by atoms with E-state index in [1.54, 1.807) is 18.2 Å². The number of amides is 2. The first kappa shape index (κ1) is 15.4. The molecule has 0 aromatic heterocycles. The van der Waals surface area contributed by atoms with Gasteiger partial charge in [0.25, 0.3) is 5.91 Å². The standard InChI is InChI=1S/C19H22N2O3/c1-20-18(23)15-11-19(7-8-19)16-9-14(15)10-17(22)21(16)24-12-13-5-3-2-4-6-13/h2-6,10,15-16H,7-9,11-12H2,1H3,(H,20,23)/t15-,16+/m1/s1. The van der Waals surface area contributed by atoms with Crippen LogP contribution in [0.25, 0.3) is 0 Å². The molecule has 0 unspecified atom stereocenters. The van der Waals surface area contributed by atoms with E-state index in [9.17, 15) is 9.59 Å². The number of fused-ring (bicyclic) bond motifs is 3. The fourth-order valence-electron chi connectivity index (χ4n) is 4.13. The summed E-state index contributed by atoms with van der Waals surface area (Å²) in [6, 6.07) is 9.94. The van der Waals surface area contributed by atoms with Gasteiger partial charge in [0.15, 0.2) is 0 Å². The second kappa shape index (κ2) is 5.74. The molecule has 2 atom stereocenters. The first-order chi connectivity index (χ1) is 11.6. The van der Waals surface area contributed by atoms with Crippen LogP contribution < -0.4 is 5.32 Å². The third kappa shape index (κ3) is 2.53. The number of hydrogen-bond acceptors (Lipinski definition) is 3. The summed E-state index contributed by atoms with van der Waals surface area (Å²) < 4.78 is 0. The normalized spacial score (nSPS) is 27.0. The van der Waals surface area contributed by atoms with Gasteiger partial charge in [-0.15, -0.1) is 0 Å². The monoisotopic (exact) mass is 326 g/mol. The number of hydroxylamine groups is 2. The van der Waals surface area contributed by atoms with E-state index >= 15 is 0 Å². The van der Waals surface area contributed by atoms with Crippen LogP contribution in [0.4, 0.5) is 0 Å². The molecule has 1 aromatic carbocycles. The number of nitrogens with one attached hydrogen (secondary N) is 1. The summed E-state index contributed by atoms with van der Waals surface area (Å²) in [4.78, 5) is 30.7. The Balaban J connectivity index is 1.56. The van der Waals surface area contributed by atoms with Gasteiger partial charge in [0.05, 0.1) is 12.0 Å². The lowest BCUT2D eigenvalue weighted by Gasteiger charge is -2.45. The smallest absolute Gasteiger partial charge is 0.270 e. The molecule has 1 spiro atoms. The van der Waals surface area contributed by atoms with Crippen LogP contribution in [-0.4, -0.2) is 30.0 Å². The molecule has 2 amide bonds. The molecular formula is C19H22N2O3. The van der Waals surface area contributed by atoms with Crippen LogP contribution in [-0.2, 0) is 21.0 Å². The molecule has 24 heavy (non-hydrogen) atoms. The van der Waals surface area contributed by atoms with Crippen molar-refractivity contribution in [3.63, 3.8) is 0 Å². The van der Waals surface area contributed by atoms with Gasteiger partial charge < -0.3 is 5.32 Å². The Kier molecular flexibility index (Phi) is 3.68. The zero-order chi connectivity index (χ0) is 16.7. The second-order valence-electron chi connectivity index (χ2n) is 7.10. The summed E-state index contributed by atoms with van der Waals surface area (Å²) in [5.74, 6) is -0.261. The topological polar surface area (TPSA) is 58.6 Å². The van der Waals surface area contributed by atoms with Crippen molar-refractivity contribution >= 4 is 11.8 Å². The van der Waals surface area contributed by atoms with Crippen LogP contribution in [0.1, 0.15) is 31.2 Å². The van der Waals surface area contributed by atoms with E-state index in [0.29, 0.717) is 6.61 Å². The highest BCUT2D eigenvalue weighted by atomic mass is 16.7. The number of carbonyl (C=O) groups excluding carboxylic acids is 2. The fraction of sp³-hybridized carbons (Fsp3) is 0.474. The third-order valence-electron chi connectivity index (χ3n) is 5.67. The Hall–Kier alpha value is -2.14. The van der Waals surface area contributed by atoms with Gasteiger partial charge in [0.1, 0.15) is 6.61 Å². The number of rotatable bonds is 4. The molecule has 0 radical (unpaired) electrons. The van der Waals surface area contributed by atoms with Crippen LogP contribution in [0.3, 0.4) is 0 Å². The highest BCUT2D eigenvalue weighted by Gasteiger charge is 2.59. The lowest BCUT2D eigenvalue weighted by Crippen LogP contribution is -2.53. The molecule has 126 valence electrons. The van der Waals surface area contributed by atoms with Gasteiger partial charge in [0, 0.05) is 13.1 Å². The second-order valence-corrected chi connectivity index (χ2v) is 7.10. The van der Waals surface area contributed by atoms with Crippen LogP contribution >= 0.6 is 0 Å². The average molecular weight is 326 g/mol. The van der Waals surface area contributed by atoms with Crippen molar-refractivity contribution in [1.29, 1.82) is 0 Å². The van der Waals surface area contributed by atoms with Crippen molar-refractivity contribution in [1.82, 2.24) is 10.4 Å². The van der Waals surface area contributed by atoms with Crippen molar-refractivity contribution in [2.75, 3.05) is 7.05 Å². The molecule has 1 heterocycles. The Labute approximate surface area is 141 Å². The highest BCUT2D eigenvalue weighted by Crippen LogP contribution is 2.61. The van der Waals surface area contributed by atoms with E-state index in [0.717, 1.165) is 36.8 Å². The zero-order valence-electron chi connectivity index (χ0n) is 13.8. The van der Waals surface area contributed by atoms with Crippen LogP contribution in [0.15, 0.2) is 42.0 Å². The molecule has 5 heteroatoms. The molecule has 2 aliphatic carbocycles. The molecule has 1 aromatic rings. The lowest BCUT2D eigenvalue weighted by molar-refractivity contribution is -0.215. The van der Waals surface area contributed by atoms with E-state index in [1.807, 2.05) is 30.3 Å². The summed E-state index contributed by atoms with van der Waals surface area (Å²) in [5, 5.41) is 4.31. The predicted molar refractivity (Wildman–Crippen MR) is 88.4 cm³/mol. The predicted octanol–water partition coefficient (Wildman–Crippen LogP) is 2.19. The minimum atomic E-state index is -0.158. The minimum Gasteiger partial charge on any atom is -0.359 e. The van der Waals surface area contributed by atoms with Crippen LogP contribution in [0.5, 0.6) is 0 Å². The molecule has 1 N–H and O–H groups in total. The van der Waals surface area contributed by atoms with Crippen molar-refractivity contribution in [2.45, 2.75) is 38.3 Å². The maximum absolute atomic E-state index is 12.6. The highest BCUT2D eigenvalue weighted by molar-refractivity contribution is 5.92. The van der Waals surface area contributed by atoms with E-state index in [-0.39, 0.29) is 29.2 Å². The Morgan fingerprint density at radius 3 is 2.75 bits per heavy atom. The quantitative estimate of drug-likeness (QED) is 0.923. The van der Waals surface area contributed by atoms with Gasteiger partial charge in [0.2, 0.25) is 5.91 Å². The Bertz CT molecular complexity index is 694. The molecule has 4 rings (SSSR count). The third-order valence-corrected chi connectivity index (χ3v) is 5.67. The molecular weight excluding hydrogens is 304 g/mol. The number of nitrogens with zero attached hydrogens (tertiary/aromatic N) is 1. The SMILES string of the molecule is CNC(=O)[C@@H]1CC2(CC2)[C@@H]2CC1=CC(=O)N2OCc1ccccc1. The van der Waals surface area contributed by atoms with Gasteiger partial charge in [-0.2, -0.15) is 0 Å². The van der Waals surface area contributed by atoms with E-state index in [1.165, 1.54) is 0 Å². The maximum Gasteiger partial charge on any atom is 0.270 e. The molecule has 5 nitrogen and oxygen atoms in total. The van der Waals surface area contributed by atoms with Crippen molar-refractivity contribution in [3.05, 3.63) is 47.5 Å². The lowest BCUT2D eigenvalue weighted by atomic mass is 9.70. The number of carbonyl (C=O) groups is 2. The van der Waals surface area contributed by atoms with Gasteiger partial charge in [-0.05, 0) is 36.7 Å². The Morgan fingerprint density at radius 2 is 2.08 bits per heavy atom. The first-order valence-electron chi connectivity index (χ1n) is 8.55. The van der Waals surface area contributed by atoms with Crippen LogP contribution in [0.2, 0.25) is 0 Å². The molecule has 1 aliphatic heterocycles. The maximum atomic E-state index is 12.6. The van der Waals surface area contributed by atoms with Gasteiger partial charge in [-0.1, -0.05) is 35.9 Å². The summed E-state index contributed by atoms with van der Waals surface area (Å²) in [5.41, 5.74) is 2.06. The number of benzene rings is 1. The molecule has 3 aliphatic rings. The zero-order valence-corrected chi connectivity index (χ0v) is 13.8. The van der Waals surface area contributed by atoms with Crippen molar-refractivity contribution in [3.8, 4) is 0 Å². The molecule has 2 fully saturated rings. The Morgan fingerprint density at radius 1 is 1.33 bits per heavy atom. The number of hydrogen-bond donors (Lipinski definition) is 1. The van der Waals surface area contributed by atoms with E-state index < -0.39 is 0 Å². The minimum absolute atomic E-state index is 0.0254. The summed E-state index contributed by atoms with van der Waals surface area (Å²) in [6.07, 6.45) is 5.31. The largest absolute Gasteiger partial charge is 0.359 e.